The van der Waals surface area contributed by atoms with Crippen LogP contribution >= 0.6 is 11.6 Å². The Balaban J connectivity index is 2.15. The van der Waals surface area contributed by atoms with E-state index in [9.17, 15) is 9.18 Å². The highest BCUT2D eigenvalue weighted by molar-refractivity contribution is 6.34. The fourth-order valence-corrected chi connectivity index (χ4v) is 2.44. The zero-order valence-corrected chi connectivity index (χ0v) is 12.1. The van der Waals surface area contributed by atoms with Crippen molar-refractivity contribution in [3.8, 4) is 0 Å². The Kier molecular flexibility index (Phi) is 4.40. The van der Waals surface area contributed by atoms with Gasteiger partial charge in [0.15, 0.2) is 0 Å². The molecule has 1 N–H and O–H groups in total. The van der Waals surface area contributed by atoms with E-state index in [1.165, 1.54) is 6.07 Å². The summed E-state index contributed by atoms with van der Waals surface area (Å²) < 4.78 is 13.5. The van der Waals surface area contributed by atoms with Crippen molar-refractivity contribution in [3.63, 3.8) is 0 Å². The molecule has 0 fully saturated rings. The van der Waals surface area contributed by atoms with Gasteiger partial charge in [0, 0.05) is 0 Å². The molecular weight excluding hydrogens is 277 g/mol. The minimum atomic E-state index is -0.380. The van der Waals surface area contributed by atoms with E-state index in [1.54, 1.807) is 24.3 Å². The predicted octanol–water partition coefficient (Wildman–Crippen LogP) is 4.28. The number of aryl methyl sites for hydroxylation is 2. The summed E-state index contributed by atoms with van der Waals surface area (Å²) in [5.74, 6) is -0.668. The molecule has 0 aliphatic carbocycles. The van der Waals surface area contributed by atoms with Crippen LogP contribution in [0.4, 0.5) is 10.1 Å². The van der Waals surface area contributed by atoms with Gasteiger partial charge in [-0.2, -0.15) is 0 Å². The Hall–Kier alpha value is -1.87. The fourth-order valence-electron chi connectivity index (χ4n) is 2.07. The maximum absolute atomic E-state index is 13.5. The molecule has 0 aliphatic heterocycles. The number of carbonyl (C=O) groups excluding carboxylic acids is 1. The number of rotatable bonds is 3. The Bertz CT molecular complexity index is 632. The smallest absolute Gasteiger partial charge is 0.228 e. The Morgan fingerprint density at radius 3 is 2.60 bits per heavy atom. The molecule has 1 amide bonds. The number of carbonyl (C=O) groups is 1. The van der Waals surface area contributed by atoms with E-state index in [2.05, 4.69) is 5.32 Å². The third-order valence-corrected chi connectivity index (χ3v) is 3.30. The van der Waals surface area contributed by atoms with E-state index in [4.69, 9.17) is 11.6 Å². The van der Waals surface area contributed by atoms with Crippen LogP contribution in [0.25, 0.3) is 0 Å². The second-order valence-electron chi connectivity index (χ2n) is 4.76. The second-order valence-corrected chi connectivity index (χ2v) is 5.16. The van der Waals surface area contributed by atoms with Crippen molar-refractivity contribution in [1.29, 1.82) is 0 Å². The molecule has 4 heteroatoms. The lowest BCUT2D eigenvalue weighted by Crippen LogP contribution is -2.16. The molecule has 104 valence electrons. The van der Waals surface area contributed by atoms with Crippen LogP contribution in [-0.2, 0) is 11.2 Å². The van der Waals surface area contributed by atoms with Crippen LogP contribution in [0.5, 0.6) is 0 Å². The van der Waals surface area contributed by atoms with E-state index in [0.717, 1.165) is 11.1 Å². The molecule has 2 nitrogen and oxygen atoms in total. The van der Waals surface area contributed by atoms with Crippen molar-refractivity contribution in [2.24, 2.45) is 0 Å². The Morgan fingerprint density at radius 2 is 1.95 bits per heavy atom. The SMILES string of the molecule is Cc1cc(C)c(NC(=O)Cc2ccccc2F)c(Cl)c1. The van der Waals surface area contributed by atoms with Crippen molar-refractivity contribution in [3.05, 3.63) is 63.9 Å². The highest BCUT2D eigenvalue weighted by atomic mass is 35.5. The van der Waals surface area contributed by atoms with Crippen molar-refractivity contribution >= 4 is 23.2 Å². The second kappa shape index (κ2) is 6.06. The molecule has 0 unspecified atom stereocenters. The molecule has 0 radical (unpaired) electrons. The van der Waals surface area contributed by atoms with Crippen LogP contribution in [0, 0.1) is 19.7 Å². The molecule has 0 aromatic heterocycles. The van der Waals surface area contributed by atoms with E-state index < -0.39 is 0 Å². The van der Waals surface area contributed by atoms with Gasteiger partial charge >= 0.3 is 0 Å². The van der Waals surface area contributed by atoms with E-state index >= 15 is 0 Å². The highest BCUT2D eigenvalue weighted by Gasteiger charge is 2.11. The van der Waals surface area contributed by atoms with Gasteiger partial charge in [-0.15, -0.1) is 0 Å². The van der Waals surface area contributed by atoms with Gasteiger partial charge in [-0.25, -0.2) is 4.39 Å². The lowest BCUT2D eigenvalue weighted by Gasteiger charge is -2.11. The molecule has 0 atom stereocenters. The van der Waals surface area contributed by atoms with Crippen LogP contribution in [0.1, 0.15) is 16.7 Å². The van der Waals surface area contributed by atoms with Gasteiger partial charge < -0.3 is 5.32 Å². The number of amides is 1. The van der Waals surface area contributed by atoms with E-state index in [0.29, 0.717) is 16.3 Å². The predicted molar refractivity (Wildman–Crippen MR) is 79.7 cm³/mol. The zero-order valence-electron chi connectivity index (χ0n) is 11.3. The monoisotopic (exact) mass is 291 g/mol. The van der Waals surface area contributed by atoms with Crippen LogP contribution < -0.4 is 5.32 Å². The fraction of sp³-hybridized carbons (Fsp3) is 0.188. The summed E-state index contributed by atoms with van der Waals surface area (Å²) in [4.78, 5) is 12.0. The number of halogens is 2. The van der Waals surface area contributed by atoms with E-state index in [-0.39, 0.29) is 18.1 Å². The van der Waals surface area contributed by atoms with Gasteiger partial charge in [0.2, 0.25) is 5.91 Å². The molecule has 0 saturated heterocycles. The van der Waals surface area contributed by atoms with Crippen LogP contribution in [-0.4, -0.2) is 5.91 Å². The summed E-state index contributed by atoms with van der Waals surface area (Å²) in [7, 11) is 0. The molecular formula is C16H15ClFNO. The first-order chi connectivity index (χ1) is 9.47. The molecule has 0 spiro atoms. The maximum Gasteiger partial charge on any atom is 0.228 e. The minimum Gasteiger partial charge on any atom is -0.324 e. The maximum atomic E-state index is 13.5. The van der Waals surface area contributed by atoms with Gasteiger partial charge in [-0.3, -0.25) is 4.79 Å². The van der Waals surface area contributed by atoms with Crippen LogP contribution in [0.3, 0.4) is 0 Å². The zero-order chi connectivity index (χ0) is 14.7. The third kappa shape index (κ3) is 3.36. The number of anilines is 1. The standard InChI is InChI=1S/C16H15ClFNO/c1-10-7-11(2)16(13(17)8-10)19-15(20)9-12-5-3-4-6-14(12)18/h3-8H,9H2,1-2H3,(H,19,20). The summed E-state index contributed by atoms with van der Waals surface area (Å²) in [6.07, 6.45) is -0.0175. The highest BCUT2D eigenvalue weighted by Crippen LogP contribution is 2.27. The molecule has 0 saturated carbocycles. The third-order valence-electron chi connectivity index (χ3n) is 3.01. The summed E-state index contributed by atoms with van der Waals surface area (Å²) in [5, 5.41) is 3.23. The summed E-state index contributed by atoms with van der Waals surface area (Å²) in [6.45, 7) is 3.81. The van der Waals surface area contributed by atoms with Gasteiger partial charge in [0.25, 0.3) is 0 Å². The molecule has 0 aliphatic rings. The topological polar surface area (TPSA) is 29.1 Å². The van der Waals surface area contributed by atoms with Crippen LogP contribution in [0.15, 0.2) is 36.4 Å². The average molecular weight is 292 g/mol. The average Bonchev–Trinajstić information content (AvgIpc) is 2.36. The van der Waals surface area contributed by atoms with Gasteiger partial charge in [-0.05, 0) is 42.7 Å². The first-order valence-corrected chi connectivity index (χ1v) is 6.65. The van der Waals surface area contributed by atoms with E-state index in [1.807, 2.05) is 19.9 Å². The Morgan fingerprint density at radius 1 is 1.25 bits per heavy atom. The largest absolute Gasteiger partial charge is 0.324 e. The lowest BCUT2D eigenvalue weighted by atomic mass is 10.1. The van der Waals surface area contributed by atoms with Crippen LogP contribution in [0.2, 0.25) is 5.02 Å². The molecule has 0 bridgehead atoms. The van der Waals surface area contributed by atoms with Crippen molar-refractivity contribution in [2.75, 3.05) is 5.32 Å². The van der Waals surface area contributed by atoms with Crippen molar-refractivity contribution < 1.29 is 9.18 Å². The van der Waals surface area contributed by atoms with Gasteiger partial charge in [-0.1, -0.05) is 35.9 Å². The minimum absolute atomic E-state index is 0.0175. The quantitative estimate of drug-likeness (QED) is 0.898. The number of hydrogen-bond donors (Lipinski definition) is 1. The molecule has 0 heterocycles. The molecule has 20 heavy (non-hydrogen) atoms. The van der Waals surface area contributed by atoms with Crippen molar-refractivity contribution in [2.45, 2.75) is 20.3 Å². The normalized spacial score (nSPS) is 10.4. The molecule has 2 aromatic rings. The summed E-state index contributed by atoms with van der Waals surface area (Å²) in [5.41, 5.74) is 2.86. The van der Waals surface area contributed by atoms with Gasteiger partial charge in [0.05, 0.1) is 17.1 Å². The van der Waals surface area contributed by atoms with Gasteiger partial charge in [0.1, 0.15) is 5.82 Å². The molecule has 2 rings (SSSR count). The molecule has 2 aromatic carbocycles. The number of hydrogen-bond acceptors (Lipinski definition) is 1. The number of nitrogens with one attached hydrogen (secondary N) is 1. The summed E-state index contributed by atoms with van der Waals surface area (Å²) >= 11 is 6.12. The number of benzene rings is 2. The summed E-state index contributed by atoms with van der Waals surface area (Å²) in [6, 6.07) is 9.95. The lowest BCUT2D eigenvalue weighted by molar-refractivity contribution is -0.115. The first kappa shape index (κ1) is 14.5. The first-order valence-electron chi connectivity index (χ1n) is 6.27. The van der Waals surface area contributed by atoms with Crippen molar-refractivity contribution in [1.82, 2.24) is 0 Å². The Labute approximate surface area is 122 Å².